The summed E-state index contributed by atoms with van der Waals surface area (Å²) in [6.45, 7) is 11.1. The van der Waals surface area contributed by atoms with E-state index in [-0.39, 0.29) is 0 Å². The van der Waals surface area contributed by atoms with E-state index >= 15 is 0 Å². The van der Waals surface area contributed by atoms with Gasteiger partial charge in [-0.1, -0.05) is 20.8 Å². The molecule has 1 heterocycles. The van der Waals surface area contributed by atoms with Gasteiger partial charge in [0.1, 0.15) is 4.60 Å². The summed E-state index contributed by atoms with van der Waals surface area (Å²) in [6, 6.07) is 2.61. The molecular formula is C14H23BrN2. The van der Waals surface area contributed by atoms with E-state index in [1.165, 1.54) is 12.8 Å². The molecule has 0 saturated carbocycles. The lowest BCUT2D eigenvalue weighted by molar-refractivity contribution is 0.357. The Hall–Kier alpha value is -0.570. The van der Waals surface area contributed by atoms with Gasteiger partial charge < -0.3 is 5.32 Å². The molecule has 2 nitrogen and oxygen atoms in total. The van der Waals surface area contributed by atoms with Gasteiger partial charge in [0.2, 0.25) is 0 Å². The molecule has 1 N–H and O–H groups in total. The average molecular weight is 299 g/mol. The van der Waals surface area contributed by atoms with Gasteiger partial charge in [0.05, 0.1) is 11.9 Å². The maximum Gasteiger partial charge on any atom is 0.109 e. The second kappa shape index (κ2) is 5.85. The van der Waals surface area contributed by atoms with Gasteiger partial charge in [-0.05, 0) is 59.7 Å². The van der Waals surface area contributed by atoms with Crippen molar-refractivity contribution in [2.75, 3.05) is 5.32 Å². The second-order valence-electron chi connectivity index (χ2n) is 5.98. The standard InChI is InChI=1S/C14H23BrN2/c1-10-8-12(9-16-13(10)15)17-11(2)6-7-14(3,4)5/h8-9,11,17H,6-7H2,1-5H3. The number of aryl methyl sites for hydroxylation is 1. The van der Waals surface area contributed by atoms with Gasteiger partial charge in [0, 0.05) is 6.04 Å². The van der Waals surface area contributed by atoms with Crippen molar-refractivity contribution in [1.29, 1.82) is 0 Å². The minimum absolute atomic E-state index is 0.407. The summed E-state index contributed by atoms with van der Waals surface area (Å²) in [6.07, 6.45) is 4.29. The Morgan fingerprint density at radius 2 is 2.06 bits per heavy atom. The van der Waals surface area contributed by atoms with Crippen LogP contribution in [0.15, 0.2) is 16.9 Å². The van der Waals surface area contributed by atoms with E-state index in [0.29, 0.717) is 11.5 Å². The SMILES string of the molecule is Cc1cc(NC(C)CCC(C)(C)C)cnc1Br. The van der Waals surface area contributed by atoms with Crippen LogP contribution in [-0.2, 0) is 0 Å². The summed E-state index contributed by atoms with van der Waals surface area (Å²) in [5, 5.41) is 3.50. The predicted molar refractivity (Wildman–Crippen MR) is 78.4 cm³/mol. The van der Waals surface area contributed by atoms with E-state index in [2.05, 4.69) is 66.9 Å². The lowest BCUT2D eigenvalue weighted by Gasteiger charge is -2.22. The zero-order valence-electron chi connectivity index (χ0n) is 11.5. The third-order valence-electron chi connectivity index (χ3n) is 2.75. The van der Waals surface area contributed by atoms with E-state index < -0.39 is 0 Å². The number of pyridine rings is 1. The van der Waals surface area contributed by atoms with Crippen molar-refractivity contribution in [2.24, 2.45) is 5.41 Å². The van der Waals surface area contributed by atoms with Crippen LogP contribution in [0.1, 0.15) is 46.1 Å². The predicted octanol–water partition coefficient (Wildman–Crippen LogP) is 4.78. The van der Waals surface area contributed by atoms with E-state index in [9.17, 15) is 0 Å². The normalized spacial score (nSPS) is 13.5. The number of anilines is 1. The summed E-state index contributed by atoms with van der Waals surface area (Å²) in [5.74, 6) is 0. The molecule has 0 amide bonds. The van der Waals surface area contributed by atoms with Crippen LogP contribution in [0.2, 0.25) is 0 Å². The molecule has 3 heteroatoms. The quantitative estimate of drug-likeness (QED) is 0.809. The Kier molecular flexibility index (Phi) is 4.99. The lowest BCUT2D eigenvalue weighted by atomic mass is 9.89. The molecule has 0 bridgehead atoms. The molecule has 0 aromatic carbocycles. The maximum absolute atomic E-state index is 4.29. The number of nitrogens with one attached hydrogen (secondary N) is 1. The number of aromatic nitrogens is 1. The number of hydrogen-bond donors (Lipinski definition) is 1. The molecule has 0 saturated heterocycles. The Labute approximate surface area is 113 Å². The first kappa shape index (κ1) is 14.5. The van der Waals surface area contributed by atoms with Crippen molar-refractivity contribution in [3.63, 3.8) is 0 Å². The first-order valence-corrected chi connectivity index (χ1v) is 6.96. The fraction of sp³-hybridized carbons (Fsp3) is 0.643. The fourth-order valence-corrected chi connectivity index (χ4v) is 1.86. The molecule has 0 fully saturated rings. The van der Waals surface area contributed by atoms with Crippen molar-refractivity contribution < 1.29 is 0 Å². The first-order valence-electron chi connectivity index (χ1n) is 6.16. The zero-order valence-corrected chi connectivity index (χ0v) is 13.1. The van der Waals surface area contributed by atoms with Crippen molar-refractivity contribution >= 4 is 21.6 Å². The van der Waals surface area contributed by atoms with Crippen molar-refractivity contribution in [3.05, 3.63) is 22.4 Å². The minimum Gasteiger partial charge on any atom is -0.381 e. The van der Waals surface area contributed by atoms with Crippen LogP contribution in [0.3, 0.4) is 0 Å². The Morgan fingerprint density at radius 3 is 2.59 bits per heavy atom. The molecule has 0 spiro atoms. The highest BCUT2D eigenvalue weighted by Crippen LogP contribution is 2.23. The van der Waals surface area contributed by atoms with Crippen molar-refractivity contribution in [3.8, 4) is 0 Å². The summed E-state index contributed by atoms with van der Waals surface area (Å²) in [5.41, 5.74) is 2.68. The topological polar surface area (TPSA) is 24.9 Å². The Morgan fingerprint density at radius 1 is 1.41 bits per heavy atom. The van der Waals surface area contributed by atoms with Crippen LogP contribution in [0.4, 0.5) is 5.69 Å². The molecule has 0 aliphatic heterocycles. The van der Waals surface area contributed by atoms with Gasteiger partial charge in [-0.3, -0.25) is 0 Å². The van der Waals surface area contributed by atoms with Crippen LogP contribution >= 0.6 is 15.9 Å². The third kappa shape index (κ3) is 5.53. The smallest absolute Gasteiger partial charge is 0.109 e. The van der Waals surface area contributed by atoms with Gasteiger partial charge in [-0.2, -0.15) is 0 Å². The average Bonchev–Trinajstić information content (AvgIpc) is 2.20. The summed E-state index contributed by atoms with van der Waals surface area (Å²) >= 11 is 3.41. The van der Waals surface area contributed by atoms with E-state index in [0.717, 1.165) is 15.9 Å². The van der Waals surface area contributed by atoms with Crippen LogP contribution in [0, 0.1) is 12.3 Å². The molecule has 1 atom stereocenters. The largest absolute Gasteiger partial charge is 0.381 e. The molecule has 0 radical (unpaired) electrons. The number of rotatable bonds is 4. The summed E-state index contributed by atoms with van der Waals surface area (Å²) in [7, 11) is 0. The molecule has 17 heavy (non-hydrogen) atoms. The van der Waals surface area contributed by atoms with Crippen molar-refractivity contribution in [1.82, 2.24) is 4.98 Å². The lowest BCUT2D eigenvalue weighted by Crippen LogP contribution is -2.18. The van der Waals surface area contributed by atoms with E-state index in [1.54, 1.807) is 0 Å². The first-order chi connectivity index (χ1) is 7.78. The minimum atomic E-state index is 0.407. The summed E-state index contributed by atoms with van der Waals surface area (Å²) in [4.78, 5) is 4.29. The van der Waals surface area contributed by atoms with Gasteiger partial charge in [0.15, 0.2) is 0 Å². The molecular weight excluding hydrogens is 276 g/mol. The summed E-state index contributed by atoms with van der Waals surface area (Å²) < 4.78 is 0.922. The Bertz CT molecular complexity index is 369. The maximum atomic E-state index is 4.29. The van der Waals surface area contributed by atoms with E-state index in [4.69, 9.17) is 0 Å². The number of nitrogens with zero attached hydrogens (tertiary/aromatic N) is 1. The third-order valence-corrected chi connectivity index (χ3v) is 3.58. The van der Waals surface area contributed by atoms with Crippen LogP contribution in [0.5, 0.6) is 0 Å². The molecule has 0 aliphatic carbocycles. The van der Waals surface area contributed by atoms with Gasteiger partial charge in [-0.15, -0.1) is 0 Å². The Balaban J connectivity index is 2.50. The van der Waals surface area contributed by atoms with Crippen LogP contribution in [-0.4, -0.2) is 11.0 Å². The van der Waals surface area contributed by atoms with Gasteiger partial charge >= 0.3 is 0 Å². The zero-order chi connectivity index (χ0) is 13.1. The second-order valence-corrected chi connectivity index (χ2v) is 6.73. The fourth-order valence-electron chi connectivity index (χ4n) is 1.64. The highest BCUT2D eigenvalue weighted by molar-refractivity contribution is 9.10. The van der Waals surface area contributed by atoms with Crippen molar-refractivity contribution in [2.45, 2.75) is 53.5 Å². The van der Waals surface area contributed by atoms with E-state index in [1.807, 2.05) is 6.20 Å². The van der Waals surface area contributed by atoms with Gasteiger partial charge in [-0.25, -0.2) is 4.98 Å². The number of halogens is 1. The van der Waals surface area contributed by atoms with Crippen LogP contribution < -0.4 is 5.32 Å². The molecule has 96 valence electrons. The molecule has 1 rings (SSSR count). The molecule has 1 aromatic rings. The van der Waals surface area contributed by atoms with Gasteiger partial charge in [0.25, 0.3) is 0 Å². The van der Waals surface area contributed by atoms with Crippen LogP contribution in [0.25, 0.3) is 0 Å². The highest BCUT2D eigenvalue weighted by atomic mass is 79.9. The number of hydrogen-bond acceptors (Lipinski definition) is 2. The molecule has 1 aromatic heterocycles. The molecule has 1 unspecified atom stereocenters. The molecule has 0 aliphatic rings. The highest BCUT2D eigenvalue weighted by Gasteiger charge is 2.12. The monoisotopic (exact) mass is 298 g/mol.